The molecule has 3 nitrogen and oxygen atoms in total. The zero-order chi connectivity index (χ0) is 21.0. The molecule has 6 rings (SSSR count). The Morgan fingerprint density at radius 1 is 1.16 bits per heavy atom. The number of benzene rings is 2. The van der Waals surface area contributed by atoms with Crippen molar-refractivity contribution in [3.8, 4) is 5.75 Å². The van der Waals surface area contributed by atoms with Crippen molar-refractivity contribution < 1.29 is 9.13 Å². The predicted molar refractivity (Wildman–Crippen MR) is 121 cm³/mol. The second-order valence-corrected chi connectivity index (χ2v) is 9.82. The molecule has 4 heteroatoms. The molecule has 31 heavy (non-hydrogen) atoms. The molecule has 0 radical (unpaired) electrons. The number of ether oxygens (including phenoxy) is 1. The minimum Gasteiger partial charge on any atom is -0.497 e. The fourth-order valence-electron chi connectivity index (χ4n) is 6.01. The average Bonchev–Trinajstić information content (AvgIpc) is 3.61. The van der Waals surface area contributed by atoms with Gasteiger partial charge in [0.15, 0.2) is 0 Å². The lowest BCUT2D eigenvalue weighted by atomic mass is 9.58. The van der Waals surface area contributed by atoms with E-state index in [0.717, 1.165) is 55.2 Å². The highest BCUT2D eigenvalue weighted by Gasteiger charge is 2.48. The number of methoxy groups -OCH3 is 1. The van der Waals surface area contributed by atoms with E-state index in [1.807, 2.05) is 12.1 Å². The minimum atomic E-state index is -0.170. The Labute approximate surface area is 183 Å². The van der Waals surface area contributed by atoms with E-state index < -0.39 is 0 Å². The van der Waals surface area contributed by atoms with E-state index in [2.05, 4.69) is 29.2 Å². The van der Waals surface area contributed by atoms with Gasteiger partial charge in [0.2, 0.25) is 0 Å². The van der Waals surface area contributed by atoms with E-state index in [1.165, 1.54) is 36.6 Å². The molecule has 2 heterocycles. The van der Waals surface area contributed by atoms with Crippen molar-refractivity contribution in [2.24, 2.45) is 11.8 Å². The van der Waals surface area contributed by atoms with Crippen LogP contribution in [0.15, 0.2) is 48.5 Å². The molecule has 0 amide bonds. The van der Waals surface area contributed by atoms with Crippen molar-refractivity contribution in [1.82, 2.24) is 9.88 Å². The van der Waals surface area contributed by atoms with E-state index in [9.17, 15) is 4.39 Å². The van der Waals surface area contributed by atoms with Crippen LogP contribution in [0.2, 0.25) is 0 Å². The topological polar surface area (TPSA) is 25.4 Å². The van der Waals surface area contributed by atoms with Crippen LogP contribution in [0.1, 0.15) is 36.1 Å². The Morgan fingerprint density at radius 2 is 2.03 bits per heavy atom. The second kappa shape index (κ2) is 7.30. The third kappa shape index (κ3) is 3.32. The first-order valence-electron chi connectivity index (χ1n) is 11.6. The van der Waals surface area contributed by atoms with Gasteiger partial charge in [-0.1, -0.05) is 18.2 Å². The number of likely N-dealkylation sites (tertiary alicyclic amines) is 1. The Hall–Kier alpha value is -2.46. The Morgan fingerprint density at radius 3 is 2.87 bits per heavy atom. The van der Waals surface area contributed by atoms with Gasteiger partial charge in [-0.05, 0) is 85.5 Å². The monoisotopic (exact) mass is 416 g/mol. The molecule has 2 aromatic carbocycles. The van der Waals surface area contributed by atoms with Crippen molar-refractivity contribution in [3.05, 3.63) is 71.2 Å². The zero-order valence-corrected chi connectivity index (χ0v) is 18.1. The molecular formula is C27H29FN2O. The summed E-state index contributed by atoms with van der Waals surface area (Å²) >= 11 is 0. The summed E-state index contributed by atoms with van der Waals surface area (Å²) in [6.07, 6.45) is 5.80. The summed E-state index contributed by atoms with van der Waals surface area (Å²) in [6, 6.07) is 16.0. The first kappa shape index (κ1) is 19.2. The van der Waals surface area contributed by atoms with Crippen molar-refractivity contribution in [3.63, 3.8) is 0 Å². The maximum atomic E-state index is 14.5. The first-order chi connectivity index (χ1) is 15.1. The lowest BCUT2D eigenvalue weighted by molar-refractivity contribution is 0.0777. The molecule has 2 fully saturated rings. The number of hydrogen-bond acceptors (Lipinski definition) is 3. The summed E-state index contributed by atoms with van der Waals surface area (Å²) in [5.41, 5.74) is 4.58. The summed E-state index contributed by atoms with van der Waals surface area (Å²) in [5.74, 6) is 2.16. The summed E-state index contributed by atoms with van der Waals surface area (Å²) in [5, 5.41) is 0.653. The fourth-order valence-corrected chi connectivity index (χ4v) is 6.01. The number of halogens is 1. The average molecular weight is 417 g/mol. The Balaban J connectivity index is 1.44. The van der Waals surface area contributed by atoms with Gasteiger partial charge in [0.25, 0.3) is 0 Å². The van der Waals surface area contributed by atoms with E-state index in [4.69, 9.17) is 9.72 Å². The number of hydrogen-bond donors (Lipinski definition) is 0. The molecule has 2 atom stereocenters. The van der Waals surface area contributed by atoms with Crippen LogP contribution in [0.4, 0.5) is 4.39 Å². The maximum absolute atomic E-state index is 14.5. The van der Waals surface area contributed by atoms with Crippen molar-refractivity contribution >= 4 is 10.9 Å². The number of pyridine rings is 1. The van der Waals surface area contributed by atoms with Gasteiger partial charge in [0.1, 0.15) is 11.6 Å². The molecule has 2 aliphatic carbocycles. The quantitative estimate of drug-likeness (QED) is 0.588. The summed E-state index contributed by atoms with van der Waals surface area (Å²) in [4.78, 5) is 7.65. The molecule has 1 aliphatic heterocycles. The van der Waals surface area contributed by atoms with Gasteiger partial charge in [-0.2, -0.15) is 0 Å². The van der Waals surface area contributed by atoms with Gasteiger partial charge in [0.05, 0.1) is 12.6 Å². The van der Waals surface area contributed by atoms with Crippen molar-refractivity contribution in [1.29, 1.82) is 0 Å². The minimum absolute atomic E-state index is 0.0651. The van der Waals surface area contributed by atoms with E-state index in [1.54, 1.807) is 13.2 Å². The van der Waals surface area contributed by atoms with Crippen LogP contribution >= 0.6 is 0 Å². The SMILES string of the molecule is COc1cccc([C@@]23CCN(CC4CC4)C[C@@H]2Cc2cc4c(F)cccc4nc2C3)c1. The number of nitrogens with zero attached hydrogens (tertiary/aromatic N) is 2. The zero-order valence-electron chi connectivity index (χ0n) is 18.1. The summed E-state index contributed by atoms with van der Waals surface area (Å²) in [6.45, 7) is 3.49. The third-order valence-corrected chi connectivity index (χ3v) is 7.92. The van der Waals surface area contributed by atoms with Gasteiger partial charge in [0, 0.05) is 36.0 Å². The molecule has 3 aliphatic rings. The predicted octanol–water partition coefficient (Wildman–Crippen LogP) is 5.15. The largest absolute Gasteiger partial charge is 0.497 e. The van der Waals surface area contributed by atoms with E-state index in [0.29, 0.717) is 11.3 Å². The normalized spacial score (nSPS) is 25.8. The Bertz CT molecular complexity index is 1140. The molecule has 0 N–H and O–H groups in total. The van der Waals surface area contributed by atoms with Crippen LogP contribution in [0.3, 0.4) is 0 Å². The molecule has 1 aromatic heterocycles. The second-order valence-electron chi connectivity index (χ2n) is 9.82. The van der Waals surface area contributed by atoms with Crippen LogP contribution in [-0.2, 0) is 18.3 Å². The smallest absolute Gasteiger partial charge is 0.132 e. The first-order valence-corrected chi connectivity index (χ1v) is 11.6. The molecule has 0 unspecified atom stereocenters. The lowest BCUT2D eigenvalue weighted by Gasteiger charge is -2.51. The molecule has 0 spiro atoms. The molecule has 1 saturated heterocycles. The lowest BCUT2D eigenvalue weighted by Crippen LogP contribution is -2.54. The van der Waals surface area contributed by atoms with E-state index >= 15 is 0 Å². The third-order valence-electron chi connectivity index (χ3n) is 7.92. The van der Waals surface area contributed by atoms with Gasteiger partial charge < -0.3 is 9.64 Å². The van der Waals surface area contributed by atoms with Crippen molar-refractivity contribution in [2.75, 3.05) is 26.7 Å². The van der Waals surface area contributed by atoms with Crippen molar-refractivity contribution in [2.45, 2.75) is 37.5 Å². The van der Waals surface area contributed by atoms with Gasteiger partial charge in [-0.3, -0.25) is 4.98 Å². The van der Waals surface area contributed by atoms with Crippen LogP contribution in [0.25, 0.3) is 10.9 Å². The number of aromatic nitrogens is 1. The van der Waals surface area contributed by atoms with Gasteiger partial charge in [-0.15, -0.1) is 0 Å². The molecule has 0 bridgehead atoms. The maximum Gasteiger partial charge on any atom is 0.132 e. The molecule has 160 valence electrons. The van der Waals surface area contributed by atoms with Gasteiger partial charge >= 0.3 is 0 Å². The fraction of sp³-hybridized carbons (Fsp3) is 0.444. The summed E-state index contributed by atoms with van der Waals surface area (Å²) in [7, 11) is 1.74. The van der Waals surface area contributed by atoms with Crippen LogP contribution < -0.4 is 4.74 Å². The highest BCUT2D eigenvalue weighted by molar-refractivity contribution is 5.80. The van der Waals surface area contributed by atoms with Crippen LogP contribution in [0.5, 0.6) is 5.75 Å². The number of piperidine rings is 1. The summed E-state index contributed by atoms with van der Waals surface area (Å²) < 4.78 is 20.0. The van der Waals surface area contributed by atoms with Crippen LogP contribution in [-0.4, -0.2) is 36.6 Å². The number of rotatable bonds is 4. The highest BCUT2D eigenvalue weighted by atomic mass is 19.1. The van der Waals surface area contributed by atoms with Crippen LogP contribution in [0, 0.1) is 17.7 Å². The van der Waals surface area contributed by atoms with E-state index in [-0.39, 0.29) is 11.2 Å². The standard InChI is InChI=1S/C27H29FN2O/c1-31-22-5-2-4-20(14-22)27-10-11-30(16-18-8-9-18)17-21(27)12-19-13-23-24(28)6-3-7-25(23)29-26(19)15-27/h2-7,13-14,18,21H,8-12,15-17H2,1H3/t21-,27-/m0/s1. The molecular weight excluding hydrogens is 387 g/mol. The molecule has 3 aromatic rings. The Kier molecular flexibility index (Phi) is 4.53. The highest BCUT2D eigenvalue weighted by Crippen LogP contribution is 2.49. The van der Waals surface area contributed by atoms with Gasteiger partial charge in [-0.25, -0.2) is 4.39 Å². The number of fused-ring (bicyclic) bond motifs is 3. The molecule has 1 saturated carbocycles.